The Morgan fingerprint density at radius 3 is 2.47 bits per heavy atom. The van der Waals surface area contributed by atoms with Gasteiger partial charge in [0.1, 0.15) is 5.54 Å². The first-order valence-corrected chi connectivity index (χ1v) is 7.30. The molecule has 0 radical (unpaired) electrons. The maximum atomic E-state index is 9.22. The van der Waals surface area contributed by atoms with Crippen molar-refractivity contribution in [1.82, 2.24) is 5.32 Å². The summed E-state index contributed by atoms with van der Waals surface area (Å²) in [4.78, 5) is 1.18. The number of nitrogens with one attached hydrogen (secondary N) is 1. The summed E-state index contributed by atoms with van der Waals surface area (Å²) in [5.74, 6) is 0.739. The van der Waals surface area contributed by atoms with Crippen LogP contribution in [0.2, 0.25) is 0 Å². The van der Waals surface area contributed by atoms with Crippen LogP contribution in [0.1, 0.15) is 20.8 Å². The molecular formula is C13H17BrN2S. The van der Waals surface area contributed by atoms with E-state index >= 15 is 0 Å². The van der Waals surface area contributed by atoms with Crippen molar-refractivity contribution in [3.8, 4) is 6.07 Å². The van der Waals surface area contributed by atoms with E-state index in [9.17, 15) is 5.26 Å². The topological polar surface area (TPSA) is 35.8 Å². The molecule has 0 saturated heterocycles. The van der Waals surface area contributed by atoms with Crippen LogP contribution in [0.4, 0.5) is 0 Å². The number of nitriles is 1. The van der Waals surface area contributed by atoms with Crippen molar-refractivity contribution in [2.45, 2.75) is 37.2 Å². The lowest BCUT2D eigenvalue weighted by atomic mass is 10.1. The predicted molar refractivity (Wildman–Crippen MR) is 77.2 cm³/mol. The van der Waals surface area contributed by atoms with Crippen molar-refractivity contribution >= 4 is 27.7 Å². The minimum Gasteiger partial charge on any atom is -0.297 e. The lowest BCUT2D eigenvalue weighted by Gasteiger charge is -2.25. The van der Waals surface area contributed by atoms with Crippen LogP contribution >= 0.6 is 27.7 Å². The molecule has 0 aromatic heterocycles. The zero-order valence-electron chi connectivity index (χ0n) is 10.3. The lowest BCUT2D eigenvalue weighted by Crippen LogP contribution is -2.47. The van der Waals surface area contributed by atoms with E-state index in [1.54, 1.807) is 11.8 Å². The van der Waals surface area contributed by atoms with Gasteiger partial charge in [-0.15, -0.1) is 11.8 Å². The third-order valence-electron chi connectivity index (χ3n) is 2.20. The van der Waals surface area contributed by atoms with Gasteiger partial charge in [0.05, 0.1) is 6.07 Å². The van der Waals surface area contributed by atoms with E-state index in [2.05, 4.69) is 53.3 Å². The minimum atomic E-state index is -0.480. The summed E-state index contributed by atoms with van der Waals surface area (Å²) < 4.78 is 1.07. The van der Waals surface area contributed by atoms with Crippen LogP contribution in [0.3, 0.4) is 0 Å². The van der Waals surface area contributed by atoms with Gasteiger partial charge >= 0.3 is 0 Å². The lowest BCUT2D eigenvalue weighted by molar-refractivity contribution is 0.443. The maximum absolute atomic E-state index is 9.22. The molecule has 92 valence electrons. The minimum absolute atomic E-state index is 0.310. The quantitative estimate of drug-likeness (QED) is 0.840. The molecule has 0 spiro atoms. The summed E-state index contributed by atoms with van der Waals surface area (Å²) in [7, 11) is 0. The zero-order chi connectivity index (χ0) is 12.9. The van der Waals surface area contributed by atoms with Crippen molar-refractivity contribution in [3.63, 3.8) is 0 Å². The molecule has 0 aliphatic rings. The molecule has 0 fully saturated rings. The molecule has 0 saturated carbocycles. The summed E-state index contributed by atoms with van der Waals surface area (Å²) >= 11 is 5.11. The summed E-state index contributed by atoms with van der Waals surface area (Å²) in [6.45, 7) is 6.05. The van der Waals surface area contributed by atoms with Gasteiger partial charge in [-0.2, -0.15) is 5.26 Å². The Bertz CT molecular complexity index is 397. The highest BCUT2D eigenvalue weighted by Crippen LogP contribution is 2.24. The second-order valence-corrected chi connectivity index (χ2v) is 6.45. The van der Waals surface area contributed by atoms with Crippen LogP contribution in [0.25, 0.3) is 0 Å². The fourth-order valence-corrected chi connectivity index (χ4v) is 2.70. The number of halogens is 1. The Morgan fingerprint density at radius 2 is 2.00 bits per heavy atom. The van der Waals surface area contributed by atoms with Crippen LogP contribution < -0.4 is 5.32 Å². The molecule has 1 rings (SSSR count). The zero-order valence-corrected chi connectivity index (χ0v) is 12.7. The van der Waals surface area contributed by atoms with Crippen LogP contribution in [-0.2, 0) is 0 Å². The summed E-state index contributed by atoms with van der Waals surface area (Å²) in [6, 6.07) is 10.8. The first-order chi connectivity index (χ1) is 7.95. The number of thioether (sulfide) groups is 1. The molecule has 0 aliphatic heterocycles. The number of hydrogen-bond acceptors (Lipinski definition) is 3. The Labute approximate surface area is 116 Å². The Balaban J connectivity index is 2.59. The van der Waals surface area contributed by atoms with Gasteiger partial charge in [-0.1, -0.05) is 15.9 Å². The monoisotopic (exact) mass is 312 g/mol. The smallest absolute Gasteiger partial charge is 0.113 e. The second-order valence-electron chi connectivity index (χ2n) is 4.49. The van der Waals surface area contributed by atoms with Crippen molar-refractivity contribution in [1.29, 1.82) is 5.26 Å². The van der Waals surface area contributed by atoms with Gasteiger partial charge in [0.15, 0.2) is 0 Å². The second kappa shape index (κ2) is 6.44. The van der Waals surface area contributed by atoms with E-state index in [0.29, 0.717) is 6.04 Å². The summed E-state index contributed by atoms with van der Waals surface area (Å²) in [6.07, 6.45) is 0. The molecular weight excluding hydrogens is 296 g/mol. The van der Waals surface area contributed by atoms with Crippen LogP contribution in [-0.4, -0.2) is 17.3 Å². The SMILES string of the molecule is CC(C)NC(C)(C#N)CSc1ccc(Br)cc1. The first kappa shape index (κ1) is 14.6. The van der Waals surface area contributed by atoms with E-state index < -0.39 is 5.54 Å². The molecule has 1 unspecified atom stereocenters. The van der Waals surface area contributed by atoms with Crippen LogP contribution in [0.15, 0.2) is 33.6 Å². The van der Waals surface area contributed by atoms with E-state index in [1.165, 1.54) is 4.90 Å². The average molecular weight is 313 g/mol. The molecule has 1 aromatic carbocycles. The number of rotatable bonds is 5. The van der Waals surface area contributed by atoms with Gasteiger partial charge in [-0.25, -0.2) is 0 Å². The van der Waals surface area contributed by atoms with Crippen molar-refractivity contribution in [3.05, 3.63) is 28.7 Å². The highest BCUT2D eigenvalue weighted by atomic mass is 79.9. The maximum Gasteiger partial charge on any atom is 0.113 e. The predicted octanol–water partition coefficient (Wildman–Crippen LogP) is 3.82. The van der Waals surface area contributed by atoms with E-state index in [1.807, 2.05) is 19.1 Å². The van der Waals surface area contributed by atoms with Gasteiger partial charge in [-0.05, 0) is 45.0 Å². The normalized spacial score (nSPS) is 14.4. The average Bonchev–Trinajstić information content (AvgIpc) is 2.27. The number of benzene rings is 1. The number of hydrogen-bond donors (Lipinski definition) is 1. The Morgan fingerprint density at radius 1 is 1.41 bits per heavy atom. The van der Waals surface area contributed by atoms with Gasteiger partial charge in [0.2, 0.25) is 0 Å². The molecule has 2 nitrogen and oxygen atoms in total. The van der Waals surface area contributed by atoms with Crippen molar-refractivity contribution in [2.75, 3.05) is 5.75 Å². The Hall–Kier alpha value is -0.500. The van der Waals surface area contributed by atoms with Crippen molar-refractivity contribution in [2.24, 2.45) is 0 Å². The van der Waals surface area contributed by atoms with Gasteiger partial charge in [0.25, 0.3) is 0 Å². The van der Waals surface area contributed by atoms with E-state index in [4.69, 9.17) is 0 Å². The molecule has 1 N–H and O–H groups in total. The molecule has 4 heteroatoms. The fraction of sp³-hybridized carbons (Fsp3) is 0.462. The Kier molecular flexibility index (Phi) is 5.51. The third kappa shape index (κ3) is 5.12. The first-order valence-electron chi connectivity index (χ1n) is 5.52. The number of nitrogens with zero attached hydrogens (tertiary/aromatic N) is 1. The van der Waals surface area contributed by atoms with Gasteiger partial charge in [-0.3, -0.25) is 5.32 Å². The summed E-state index contributed by atoms with van der Waals surface area (Å²) in [5.41, 5.74) is -0.480. The third-order valence-corrected chi connectivity index (χ3v) is 4.05. The van der Waals surface area contributed by atoms with Crippen LogP contribution in [0.5, 0.6) is 0 Å². The molecule has 0 bridgehead atoms. The van der Waals surface area contributed by atoms with Gasteiger partial charge < -0.3 is 0 Å². The largest absolute Gasteiger partial charge is 0.297 e. The molecule has 17 heavy (non-hydrogen) atoms. The van der Waals surface area contributed by atoms with E-state index in [0.717, 1.165) is 10.2 Å². The molecule has 0 heterocycles. The molecule has 1 aromatic rings. The van der Waals surface area contributed by atoms with E-state index in [-0.39, 0.29) is 0 Å². The highest BCUT2D eigenvalue weighted by molar-refractivity contribution is 9.10. The molecule has 0 amide bonds. The van der Waals surface area contributed by atoms with Crippen molar-refractivity contribution < 1.29 is 0 Å². The summed E-state index contributed by atoms with van der Waals surface area (Å²) in [5, 5.41) is 12.5. The standard InChI is InChI=1S/C13H17BrN2S/c1-10(2)16-13(3,8-15)9-17-12-6-4-11(14)5-7-12/h4-7,10,16H,9H2,1-3H3. The fourth-order valence-electron chi connectivity index (χ4n) is 1.50. The molecule has 0 aliphatic carbocycles. The highest BCUT2D eigenvalue weighted by Gasteiger charge is 2.24. The molecule has 1 atom stereocenters. The van der Waals surface area contributed by atoms with Crippen LogP contribution in [0, 0.1) is 11.3 Å². The van der Waals surface area contributed by atoms with Gasteiger partial charge in [0, 0.05) is 21.2 Å².